The average Bonchev–Trinajstić information content (AvgIpc) is 4.01. The molecule has 0 fully saturated rings. The molecule has 0 aliphatic rings. The number of benzene rings is 10. The zero-order valence-electron chi connectivity index (χ0n) is 39.8. The predicted molar refractivity (Wildman–Crippen MR) is 300 cm³/mol. The van der Waals surface area contributed by atoms with Crippen LogP contribution in [0.15, 0.2) is 255 Å². The largest absolute Gasteiger partial charge is 0.307 e. The van der Waals surface area contributed by atoms with Crippen LogP contribution >= 0.6 is 0 Å². The van der Waals surface area contributed by atoms with Crippen molar-refractivity contribution in [2.45, 2.75) is 0 Å². The monoisotopic (exact) mass is 946 g/mol. The fraction of sp³-hybridized carbons (Fsp3) is 0. The van der Waals surface area contributed by atoms with Gasteiger partial charge >= 0.3 is 0 Å². The molecule has 0 saturated heterocycles. The van der Waals surface area contributed by atoms with Gasteiger partial charge in [-0.1, -0.05) is 218 Å². The van der Waals surface area contributed by atoms with E-state index in [-0.39, 0.29) is 0 Å². The van der Waals surface area contributed by atoms with Crippen molar-refractivity contribution >= 4 is 43.6 Å². The minimum absolute atomic E-state index is 0.515. The van der Waals surface area contributed by atoms with Crippen molar-refractivity contribution < 1.29 is 0 Å². The highest BCUT2D eigenvalue weighted by atomic mass is 15.2. The second-order valence-corrected chi connectivity index (χ2v) is 18.3. The van der Waals surface area contributed by atoms with Gasteiger partial charge in [-0.3, -0.25) is 4.57 Å². The second-order valence-electron chi connectivity index (χ2n) is 18.3. The summed E-state index contributed by atoms with van der Waals surface area (Å²) in [6, 6.07) is 88.2. The van der Waals surface area contributed by atoms with Crippen LogP contribution in [0, 0.1) is 0 Å². The van der Waals surface area contributed by atoms with Crippen LogP contribution in [-0.2, 0) is 0 Å². The summed E-state index contributed by atoms with van der Waals surface area (Å²) in [6.07, 6.45) is 0. The van der Waals surface area contributed by atoms with E-state index in [0.717, 1.165) is 93.8 Å². The molecule has 0 aliphatic heterocycles. The first-order chi connectivity index (χ1) is 36.7. The Morgan fingerprint density at radius 1 is 0.216 bits per heavy atom. The summed E-state index contributed by atoms with van der Waals surface area (Å²) in [5, 5.41) is 4.39. The van der Waals surface area contributed by atoms with E-state index >= 15 is 0 Å². The molecule has 0 atom stereocenters. The molecular weight excluding hydrogens is 905 g/mol. The van der Waals surface area contributed by atoms with Gasteiger partial charge in [0, 0.05) is 55.0 Å². The van der Waals surface area contributed by atoms with Gasteiger partial charge in [-0.2, -0.15) is 9.97 Å². The molecular formula is C66H42N8. The van der Waals surface area contributed by atoms with Crippen LogP contribution in [0.3, 0.4) is 0 Å². The Morgan fingerprint density at radius 3 is 1.08 bits per heavy atom. The summed E-state index contributed by atoms with van der Waals surface area (Å²) in [5.41, 5.74) is 14.0. The number of aromatic nitrogens is 8. The predicted octanol–water partition coefficient (Wildman–Crippen LogP) is 15.9. The SMILES string of the molecule is c1ccc(-c2cccc(-c3cccc(-c4nc(-c5ccccc5)nc(-n5c6ccccc6c6ccc7c8ccccc8n(-c8cccc(-c9nc(-c%10ccccc%10)nc(-c%10ccccc%10)n9)c8)c7c65)n4)c3)c2)cc1. The van der Waals surface area contributed by atoms with Gasteiger partial charge in [-0.15, -0.1) is 0 Å². The lowest BCUT2D eigenvalue weighted by Crippen LogP contribution is -2.07. The molecule has 346 valence electrons. The molecule has 0 saturated carbocycles. The van der Waals surface area contributed by atoms with Crippen LogP contribution in [-0.4, -0.2) is 39.0 Å². The summed E-state index contributed by atoms with van der Waals surface area (Å²) in [7, 11) is 0. The van der Waals surface area contributed by atoms with E-state index in [4.69, 9.17) is 29.9 Å². The van der Waals surface area contributed by atoms with Crippen molar-refractivity contribution in [3.63, 3.8) is 0 Å². The molecule has 0 bridgehead atoms. The first-order valence-electron chi connectivity index (χ1n) is 24.7. The Morgan fingerprint density at radius 2 is 0.554 bits per heavy atom. The van der Waals surface area contributed by atoms with E-state index in [1.165, 1.54) is 5.56 Å². The van der Waals surface area contributed by atoms with E-state index < -0.39 is 0 Å². The Kier molecular flexibility index (Phi) is 10.3. The number of rotatable bonds is 9. The standard InChI is InChI=1S/C66H42N8/c1-5-20-43(21-6-1)47-28-17-29-48(40-47)49-30-18-31-50(41-49)65-70-63(46-26-11-4-12-27-46)71-66(72-65)74-58-37-16-14-35-54(58)56-39-38-55-53-34-13-15-36-57(53)73(59(55)60(56)74)52-33-19-32-51(42-52)64-68-61(44-22-7-2-8-23-44)67-62(69-64)45-24-9-3-10-25-45/h1-42H. The fourth-order valence-corrected chi connectivity index (χ4v) is 10.4. The van der Waals surface area contributed by atoms with Crippen molar-refractivity contribution in [3.8, 4) is 90.8 Å². The molecule has 0 radical (unpaired) electrons. The van der Waals surface area contributed by atoms with E-state index in [1.807, 2.05) is 84.9 Å². The lowest BCUT2D eigenvalue weighted by atomic mass is 9.98. The third kappa shape index (κ3) is 7.48. The molecule has 10 aromatic carbocycles. The van der Waals surface area contributed by atoms with Crippen molar-refractivity contribution in [1.29, 1.82) is 0 Å². The van der Waals surface area contributed by atoms with Crippen LogP contribution < -0.4 is 0 Å². The number of fused-ring (bicyclic) bond motifs is 7. The summed E-state index contributed by atoms with van der Waals surface area (Å²) in [6.45, 7) is 0. The minimum atomic E-state index is 0.515. The highest BCUT2D eigenvalue weighted by Crippen LogP contribution is 2.42. The van der Waals surface area contributed by atoms with Crippen molar-refractivity contribution in [2.24, 2.45) is 0 Å². The molecule has 0 amide bonds. The Labute approximate surface area is 426 Å². The maximum Gasteiger partial charge on any atom is 0.238 e. The van der Waals surface area contributed by atoms with Crippen LogP contribution in [0.2, 0.25) is 0 Å². The molecule has 4 aromatic heterocycles. The van der Waals surface area contributed by atoms with Gasteiger partial charge in [0.15, 0.2) is 29.1 Å². The van der Waals surface area contributed by atoms with Gasteiger partial charge in [0.2, 0.25) is 5.95 Å². The first kappa shape index (κ1) is 42.7. The zero-order chi connectivity index (χ0) is 49.0. The number of nitrogens with zero attached hydrogens (tertiary/aromatic N) is 8. The van der Waals surface area contributed by atoms with E-state index in [9.17, 15) is 0 Å². The van der Waals surface area contributed by atoms with Gasteiger partial charge in [-0.25, -0.2) is 19.9 Å². The lowest BCUT2D eigenvalue weighted by molar-refractivity contribution is 0.953. The summed E-state index contributed by atoms with van der Waals surface area (Å²) in [5.74, 6) is 3.47. The number of hydrogen-bond acceptors (Lipinski definition) is 6. The van der Waals surface area contributed by atoms with Crippen molar-refractivity contribution in [2.75, 3.05) is 0 Å². The van der Waals surface area contributed by atoms with Gasteiger partial charge < -0.3 is 4.57 Å². The summed E-state index contributed by atoms with van der Waals surface area (Å²) >= 11 is 0. The van der Waals surface area contributed by atoms with Gasteiger partial charge in [0.05, 0.1) is 22.1 Å². The molecule has 14 aromatic rings. The van der Waals surface area contributed by atoms with Crippen molar-refractivity contribution in [3.05, 3.63) is 255 Å². The topological polar surface area (TPSA) is 87.2 Å². The van der Waals surface area contributed by atoms with E-state index in [2.05, 4.69) is 179 Å². The van der Waals surface area contributed by atoms with Gasteiger partial charge in [0.25, 0.3) is 0 Å². The Hall–Kier alpha value is -10.2. The third-order valence-electron chi connectivity index (χ3n) is 13.8. The smallest absolute Gasteiger partial charge is 0.238 e. The van der Waals surface area contributed by atoms with Crippen LogP contribution in [0.25, 0.3) is 134 Å². The highest BCUT2D eigenvalue weighted by molar-refractivity contribution is 6.23. The second kappa shape index (κ2) is 17.9. The molecule has 0 aliphatic carbocycles. The maximum atomic E-state index is 5.46. The Balaban J connectivity index is 0.997. The minimum Gasteiger partial charge on any atom is -0.307 e. The average molecular weight is 947 g/mol. The van der Waals surface area contributed by atoms with Gasteiger partial charge in [-0.05, 0) is 58.7 Å². The molecule has 0 N–H and O–H groups in total. The molecule has 0 unspecified atom stereocenters. The van der Waals surface area contributed by atoms with E-state index in [1.54, 1.807) is 0 Å². The van der Waals surface area contributed by atoms with Crippen LogP contribution in [0.1, 0.15) is 0 Å². The molecule has 14 rings (SSSR count). The quantitative estimate of drug-likeness (QED) is 0.143. The maximum absolute atomic E-state index is 5.46. The number of para-hydroxylation sites is 2. The third-order valence-corrected chi connectivity index (χ3v) is 13.8. The van der Waals surface area contributed by atoms with E-state index in [0.29, 0.717) is 35.1 Å². The highest BCUT2D eigenvalue weighted by Gasteiger charge is 2.24. The van der Waals surface area contributed by atoms with Crippen LogP contribution in [0.4, 0.5) is 0 Å². The lowest BCUT2D eigenvalue weighted by Gasteiger charge is -2.14. The van der Waals surface area contributed by atoms with Gasteiger partial charge in [0.1, 0.15) is 0 Å². The molecule has 74 heavy (non-hydrogen) atoms. The molecule has 8 heteroatoms. The first-order valence-corrected chi connectivity index (χ1v) is 24.7. The zero-order valence-corrected chi connectivity index (χ0v) is 39.8. The summed E-state index contributed by atoms with van der Waals surface area (Å²) in [4.78, 5) is 31.3. The molecule has 4 heterocycles. The normalized spacial score (nSPS) is 11.5. The molecule has 0 spiro atoms. The number of hydrogen-bond donors (Lipinski definition) is 0. The van der Waals surface area contributed by atoms with Crippen molar-refractivity contribution in [1.82, 2.24) is 39.0 Å². The van der Waals surface area contributed by atoms with Crippen LogP contribution in [0.5, 0.6) is 0 Å². The summed E-state index contributed by atoms with van der Waals surface area (Å²) < 4.78 is 4.61. The Bertz CT molecular complexity index is 4360. The fourth-order valence-electron chi connectivity index (χ4n) is 10.4. The molecule has 8 nitrogen and oxygen atoms in total.